The number of halogens is 2. The number of nitrogens with zero attached hydrogens (tertiary/aromatic N) is 1. The summed E-state index contributed by atoms with van der Waals surface area (Å²) in [6, 6.07) is 6.03. The molecule has 88 valence electrons. The molecule has 0 N–H and O–H groups in total. The van der Waals surface area contributed by atoms with Crippen LogP contribution in [0.1, 0.15) is 12.5 Å². The van der Waals surface area contributed by atoms with Crippen LogP contribution in [0.15, 0.2) is 18.2 Å². The lowest BCUT2D eigenvalue weighted by atomic mass is 10.1. The van der Waals surface area contributed by atoms with Gasteiger partial charge >= 0.3 is 0 Å². The molecule has 1 aliphatic rings. The Balaban J connectivity index is 2.28. The van der Waals surface area contributed by atoms with Gasteiger partial charge in [0.25, 0.3) is 0 Å². The molecule has 1 heterocycles. The maximum atomic E-state index is 6.17. The Morgan fingerprint density at radius 2 is 2.31 bits per heavy atom. The Labute approximate surface area is 111 Å². The Morgan fingerprint density at radius 3 is 3.00 bits per heavy atom. The van der Waals surface area contributed by atoms with Crippen LogP contribution in [0.25, 0.3) is 0 Å². The van der Waals surface area contributed by atoms with Crippen molar-refractivity contribution < 1.29 is 0 Å². The largest absolute Gasteiger partial charge is 0.369 e. The molecule has 0 aromatic heterocycles. The third-order valence-corrected chi connectivity index (χ3v) is 4.57. The van der Waals surface area contributed by atoms with Gasteiger partial charge in [0.05, 0.1) is 5.88 Å². The van der Waals surface area contributed by atoms with Crippen molar-refractivity contribution in [2.24, 2.45) is 0 Å². The van der Waals surface area contributed by atoms with E-state index >= 15 is 0 Å². The average molecular weight is 276 g/mol. The Morgan fingerprint density at radius 1 is 1.50 bits per heavy atom. The highest BCUT2D eigenvalue weighted by Crippen LogP contribution is 2.31. The van der Waals surface area contributed by atoms with Crippen molar-refractivity contribution in [3.8, 4) is 0 Å². The van der Waals surface area contributed by atoms with Crippen LogP contribution in [0.2, 0.25) is 5.02 Å². The summed E-state index contributed by atoms with van der Waals surface area (Å²) < 4.78 is 0. The second-order valence-corrected chi connectivity index (χ2v) is 6.22. The fourth-order valence-electron chi connectivity index (χ4n) is 2.01. The van der Waals surface area contributed by atoms with Crippen LogP contribution >= 0.6 is 35.0 Å². The van der Waals surface area contributed by atoms with Crippen LogP contribution in [0.4, 0.5) is 5.69 Å². The Kier molecular flexibility index (Phi) is 4.28. The summed E-state index contributed by atoms with van der Waals surface area (Å²) >= 11 is 14.2. The third kappa shape index (κ3) is 2.61. The van der Waals surface area contributed by atoms with Gasteiger partial charge < -0.3 is 4.90 Å². The van der Waals surface area contributed by atoms with E-state index in [0.717, 1.165) is 23.7 Å². The molecular weight excluding hydrogens is 261 g/mol. The van der Waals surface area contributed by atoms with E-state index in [2.05, 4.69) is 17.9 Å². The molecule has 16 heavy (non-hydrogen) atoms. The molecule has 0 aliphatic carbocycles. The van der Waals surface area contributed by atoms with Crippen molar-refractivity contribution in [2.75, 3.05) is 23.7 Å². The second-order valence-electron chi connectivity index (χ2n) is 4.00. The predicted octanol–water partition coefficient (Wildman–Crippen LogP) is 4.02. The first kappa shape index (κ1) is 12.4. The molecule has 0 saturated carbocycles. The molecule has 1 aromatic rings. The van der Waals surface area contributed by atoms with E-state index in [1.165, 1.54) is 11.4 Å². The van der Waals surface area contributed by atoms with E-state index in [-0.39, 0.29) is 0 Å². The first-order valence-corrected chi connectivity index (χ1v) is 7.38. The summed E-state index contributed by atoms with van der Waals surface area (Å²) in [5.74, 6) is 1.66. The summed E-state index contributed by atoms with van der Waals surface area (Å²) in [6.45, 7) is 4.43. The molecule has 0 bridgehead atoms. The van der Waals surface area contributed by atoms with Gasteiger partial charge in [0.15, 0.2) is 0 Å². The molecule has 1 saturated heterocycles. The first-order chi connectivity index (χ1) is 7.72. The van der Waals surface area contributed by atoms with Crippen molar-refractivity contribution in [1.29, 1.82) is 0 Å². The van der Waals surface area contributed by atoms with Gasteiger partial charge in [-0.15, -0.1) is 11.6 Å². The summed E-state index contributed by atoms with van der Waals surface area (Å²) in [6.07, 6.45) is 0. The minimum absolute atomic E-state index is 0.479. The maximum Gasteiger partial charge on any atom is 0.0509 e. The van der Waals surface area contributed by atoms with Gasteiger partial charge in [-0.1, -0.05) is 24.6 Å². The van der Waals surface area contributed by atoms with Crippen molar-refractivity contribution in [3.63, 3.8) is 0 Å². The van der Waals surface area contributed by atoms with E-state index in [9.17, 15) is 0 Å². The quantitative estimate of drug-likeness (QED) is 0.750. The Hall–Kier alpha value is -0.0500. The first-order valence-electron chi connectivity index (χ1n) is 5.42. The number of thioether (sulfide) groups is 1. The van der Waals surface area contributed by atoms with Gasteiger partial charge in [-0.2, -0.15) is 11.8 Å². The van der Waals surface area contributed by atoms with Crippen molar-refractivity contribution in [2.45, 2.75) is 18.1 Å². The molecule has 1 nitrogen and oxygen atoms in total. The van der Waals surface area contributed by atoms with E-state index in [0.29, 0.717) is 11.1 Å². The lowest BCUT2D eigenvalue weighted by Crippen LogP contribution is -2.37. The van der Waals surface area contributed by atoms with Gasteiger partial charge in [0.1, 0.15) is 0 Å². The second kappa shape index (κ2) is 5.52. The van der Waals surface area contributed by atoms with Crippen LogP contribution in [0, 0.1) is 0 Å². The summed E-state index contributed by atoms with van der Waals surface area (Å²) in [4.78, 5) is 2.39. The lowest BCUT2D eigenvalue weighted by molar-refractivity contribution is 0.780. The van der Waals surface area contributed by atoms with Gasteiger partial charge in [0.2, 0.25) is 0 Å². The van der Waals surface area contributed by atoms with E-state index in [4.69, 9.17) is 23.2 Å². The monoisotopic (exact) mass is 275 g/mol. The molecule has 1 atom stereocenters. The maximum absolute atomic E-state index is 6.17. The van der Waals surface area contributed by atoms with Crippen LogP contribution in [0.3, 0.4) is 0 Å². The molecule has 2 rings (SSSR count). The van der Waals surface area contributed by atoms with Gasteiger partial charge in [-0.3, -0.25) is 0 Å². The summed E-state index contributed by atoms with van der Waals surface area (Å²) in [7, 11) is 0. The molecular formula is C12H15Cl2NS. The third-order valence-electron chi connectivity index (χ3n) is 2.81. The van der Waals surface area contributed by atoms with Crippen molar-refractivity contribution in [1.82, 2.24) is 0 Å². The molecule has 4 heteroatoms. The average Bonchev–Trinajstić information content (AvgIpc) is 2.28. The minimum Gasteiger partial charge on any atom is -0.369 e. The topological polar surface area (TPSA) is 3.24 Å². The van der Waals surface area contributed by atoms with Crippen LogP contribution < -0.4 is 4.90 Å². The van der Waals surface area contributed by atoms with E-state index in [1.807, 2.05) is 23.9 Å². The highest BCUT2D eigenvalue weighted by atomic mass is 35.5. The number of hydrogen-bond acceptors (Lipinski definition) is 2. The number of alkyl halides is 1. The molecule has 1 unspecified atom stereocenters. The molecule has 1 fully saturated rings. The zero-order chi connectivity index (χ0) is 11.5. The van der Waals surface area contributed by atoms with Crippen LogP contribution in [0.5, 0.6) is 0 Å². The molecule has 0 spiro atoms. The highest BCUT2D eigenvalue weighted by molar-refractivity contribution is 8.00. The molecule has 0 amide bonds. The molecule has 1 aliphatic heterocycles. The van der Waals surface area contributed by atoms with Crippen LogP contribution in [-0.4, -0.2) is 24.1 Å². The number of rotatable bonds is 2. The van der Waals surface area contributed by atoms with Crippen molar-refractivity contribution in [3.05, 3.63) is 28.8 Å². The van der Waals surface area contributed by atoms with E-state index < -0.39 is 0 Å². The highest BCUT2D eigenvalue weighted by Gasteiger charge is 2.19. The predicted molar refractivity (Wildman–Crippen MR) is 75.1 cm³/mol. The Bertz CT molecular complexity index is 370. The number of hydrogen-bond donors (Lipinski definition) is 0. The van der Waals surface area contributed by atoms with Gasteiger partial charge in [-0.25, -0.2) is 0 Å². The standard InChI is InChI=1S/C12H15Cl2NS/c1-9-8-15(5-6-16-9)12-4-2-3-11(14)10(12)7-13/h2-4,9H,5-8H2,1H3. The minimum atomic E-state index is 0.479. The van der Waals surface area contributed by atoms with Gasteiger partial charge in [0, 0.05) is 40.4 Å². The lowest BCUT2D eigenvalue weighted by Gasteiger charge is -2.33. The fraction of sp³-hybridized carbons (Fsp3) is 0.500. The van der Waals surface area contributed by atoms with Gasteiger partial charge in [-0.05, 0) is 12.1 Å². The number of benzene rings is 1. The summed E-state index contributed by atoms with van der Waals surface area (Å²) in [5.41, 5.74) is 2.26. The SMILES string of the molecule is CC1CN(c2cccc(Cl)c2CCl)CCS1. The summed E-state index contributed by atoms with van der Waals surface area (Å²) in [5, 5.41) is 1.45. The zero-order valence-corrected chi connectivity index (χ0v) is 11.6. The zero-order valence-electron chi connectivity index (χ0n) is 9.25. The smallest absolute Gasteiger partial charge is 0.0509 e. The fourth-order valence-corrected chi connectivity index (χ4v) is 3.61. The molecule has 1 aromatic carbocycles. The number of anilines is 1. The molecule has 0 radical (unpaired) electrons. The normalized spacial score (nSPS) is 21.2. The van der Waals surface area contributed by atoms with Crippen molar-refractivity contribution >= 4 is 40.7 Å². The van der Waals surface area contributed by atoms with E-state index in [1.54, 1.807) is 0 Å². The van der Waals surface area contributed by atoms with Crippen LogP contribution in [-0.2, 0) is 5.88 Å².